The van der Waals surface area contributed by atoms with E-state index in [4.69, 9.17) is 5.11 Å². The molecule has 1 aromatic heterocycles. The van der Waals surface area contributed by atoms with Crippen LogP contribution in [0.15, 0.2) is 6.20 Å². The number of rotatable bonds is 3. The minimum Gasteiger partial charge on any atom is -0.476 e. The molecule has 0 spiro atoms. The number of carbonyl (C=O) groups is 1. The number of hydrogen-bond acceptors (Lipinski definition) is 5. The summed E-state index contributed by atoms with van der Waals surface area (Å²) in [5.74, 6) is -1.02. The lowest BCUT2D eigenvalue weighted by Gasteiger charge is -2.46. The Kier molecular flexibility index (Phi) is 3.24. The smallest absolute Gasteiger partial charge is 0.358 e. The maximum Gasteiger partial charge on any atom is 0.358 e. The van der Waals surface area contributed by atoms with Gasteiger partial charge in [0.15, 0.2) is 5.69 Å². The Morgan fingerprint density at radius 1 is 1.32 bits per heavy atom. The highest BCUT2D eigenvalue weighted by atomic mass is 16.4. The fourth-order valence-electron chi connectivity index (χ4n) is 2.87. The fourth-order valence-corrected chi connectivity index (χ4v) is 2.87. The third-order valence-corrected chi connectivity index (χ3v) is 4.20. The largest absolute Gasteiger partial charge is 0.476 e. The SMILES string of the molecule is CN1CCC(N2CC(n3cc(C(=O)O)nn3)C2)CC1. The van der Waals surface area contributed by atoms with Crippen molar-refractivity contribution in [2.45, 2.75) is 24.9 Å². The predicted molar refractivity (Wildman–Crippen MR) is 68.1 cm³/mol. The number of aromatic nitrogens is 3. The molecule has 2 aliphatic rings. The molecule has 1 N–H and O–H groups in total. The van der Waals surface area contributed by atoms with E-state index in [1.54, 1.807) is 4.68 Å². The Hall–Kier alpha value is -1.47. The first-order chi connectivity index (χ1) is 9.13. The molecule has 2 aliphatic heterocycles. The molecule has 7 nitrogen and oxygen atoms in total. The number of hydrogen-bond donors (Lipinski definition) is 1. The quantitative estimate of drug-likeness (QED) is 0.824. The van der Waals surface area contributed by atoms with E-state index >= 15 is 0 Å². The molecule has 0 aromatic carbocycles. The normalized spacial score (nSPS) is 23.4. The summed E-state index contributed by atoms with van der Waals surface area (Å²) in [5.41, 5.74) is 0.0257. The van der Waals surface area contributed by atoms with E-state index in [0.717, 1.165) is 13.1 Å². The van der Waals surface area contributed by atoms with Gasteiger partial charge in [0.25, 0.3) is 0 Å². The van der Waals surface area contributed by atoms with Gasteiger partial charge in [-0.05, 0) is 33.0 Å². The van der Waals surface area contributed by atoms with E-state index in [9.17, 15) is 4.79 Å². The first-order valence-electron chi connectivity index (χ1n) is 6.71. The lowest BCUT2D eigenvalue weighted by Crippen LogP contribution is -2.55. The molecule has 7 heteroatoms. The highest BCUT2D eigenvalue weighted by molar-refractivity contribution is 5.84. The molecule has 2 saturated heterocycles. The molecule has 0 amide bonds. The molecule has 3 rings (SSSR count). The van der Waals surface area contributed by atoms with Crippen molar-refractivity contribution in [3.63, 3.8) is 0 Å². The second-order valence-electron chi connectivity index (χ2n) is 5.53. The van der Waals surface area contributed by atoms with Crippen LogP contribution >= 0.6 is 0 Å². The second kappa shape index (κ2) is 4.90. The average Bonchev–Trinajstić information content (AvgIpc) is 2.79. The molecule has 104 valence electrons. The molecule has 0 radical (unpaired) electrons. The van der Waals surface area contributed by atoms with Crippen molar-refractivity contribution in [1.29, 1.82) is 0 Å². The zero-order valence-corrected chi connectivity index (χ0v) is 11.1. The number of likely N-dealkylation sites (tertiary alicyclic amines) is 2. The summed E-state index contributed by atoms with van der Waals surface area (Å²) in [6, 6.07) is 0.954. The molecule has 1 aromatic rings. The van der Waals surface area contributed by atoms with Crippen LogP contribution in [-0.4, -0.2) is 75.1 Å². The van der Waals surface area contributed by atoms with Crippen LogP contribution in [0.4, 0.5) is 0 Å². The maximum atomic E-state index is 10.8. The van der Waals surface area contributed by atoms with Crippen molar-refractivity contribution in [3.8, 4) is 0 Å². The number of carboxylic acid groups (broad SMARTS) is 1. The van der Waals surface area contributed by atoms with Gasteiger partial charge in [0.1, 0.15) is 0 Å². The molecule has 0 bridgehead atoms. The molecule has 19 heavy (non-hydrogen) atoms. The van der Waals surface area contributed by atoms with E-state index in [-0.39, 0.29) is 11.7 Å². The van der Waals surface area contributed by atoms with Crippen LogP contribution in [0, 0.1) is 0 Å². The van der Waals surface area contributed by atoms with Crippen LogP contribution in [0.2, 0.25) is 0 Å². The molecule has 2 fully saturated rings. The van der Waals surface area contributed by atoms with Gasteiger partial charge in [0.2, 0.25) is 0 Å². The minimum atomic E-state index is -1.02. The average molecular weight is 265 g/mol. The van der Waals surface area contributed by atoms with Gasteiger partial charge in [-0.25, -0.2) is 9.48 Å². The Labute approximate surface area is 111 Å². The summed E-state index contributed by atoms with van der Waals surface area (Å²) >= 11 is 0. The van der Waals surface area contributed by atoms with E-state index in [1.165, 1.54) is 32.1 Å². The lowest BCUT2D eigenvalue weighted by atomic mass is 9.98. The number of nitrogens with zero attached hydrogens (tertiary/aromatic N) is 5. The Bertz CT molecular complexity index is 460. The van der Waals surface area contributed by atoms with Gasteiger partial charge in [-0.2, -0.15) is 0 Å². The van der Waals surface area contributed by atoms with E-state index in [0.29, 0.717) is 6.04 Å². The summed E-state index contributed by atoms with van der Waals surface area (Å²) in [5, 5.41) is 16.4. The third-order valence-electron chi connectivity index (χ3n) is 4.20. The van der Waals surface area contributed by atoms with Gasteiger partial charge >= 0.3 is 5.97 Å². The van der Waals surface area contributed by atoms with E-state index in [2.05, 4.69) is 27.2 Å². The van der Waals surface area contributed by atoms with Crippen molar-refractivity contribution >= 4 is 5.97 Å². The van der Waals surface area contributed by atoms with E-state index < -0.39 is 5.97 Å². The van der Waals surface area contributed by atoms with Gasteiger partial charge < -0.3 is 10.0 Å². The molecule has 0 atom stereocenters. The van der Waals surface area contributed by atoms with Crippen LogP contribution < -0.4 is 0 Å². The summed E-state index contributed by atoms with van der Waals surface area (Å²) in [7, 11) is 2.16. The Morgan fingerprint density at radius 3 is 2.58 bits per heavy atom. The zero-order chi connectivity index (χ0) is 13.4. The highest BCUT2D eigenvalue weighted by Crippen LogP contribution is 2.27. The number of piperidine rings is 1. The zero-order valence-electron chi connectivity index (χ0n) is 11.1. The topological polar surface area (TPSA) is 74.5 Å². The Balaban J connectivity index is 1.53. The van der Waals surface area contributed by atoms with Crippen LogP contribution in [0.25, 0.3) is 0 Å². The van der Waals surface area contributed by atoms with Gasteiger partial charge in [-0.15, -0.1) is 5.10 Å². The highest BCUT2D eigenvalue weighted by Gasteiger charge is 2.35. The Morgan fingerprint density at radius 2 is 2.00 bits per heavy atom. The second-order valence-corrected chi connectivity index (χ2v) is 5.53. The number of carboxylic acids is 1. The van der Waals surface area contributed by atoms with Crippen molar-refractivity contribution in [1.82, 2.24) is 24.8 Å². The van der Waals surface area contributed by atoms with Crippen LogP contribution in [-0.2, 0) is 0 Å². The molecular formula is C12H19N5O2. The van der Waals surface area contributed by atoms with Crippen molar-refractivity contribution in [2.24, 2.45) is 0 Å². The van der Waals surface area contributed by atoms with Gasteiger partial charge in [-0.3, -0.25) is 4.90 Å². The summed E-state index contributed by atoms with van der Waals surface area (Å²) < 4.78 is 1.69. The van der Waals surface area contributed by atoms with Gasteiger partial charge in [-0.1, -0.05) is 5.21 Å². The fraction of sp³-hybridized carbons (Fsp3) is 0.750. The van der Waals surface area contributed by atoms with Crippen molar-refractivity contribution < 1.29 is 9.90 Å². The van der Waals surface area contributed by atoms with Crippen molar-refractivity contribution in [3.05, 3.63) is 11.9 Å². The predicted octanol–water partition coefficient (Wildman–Crippen LogP) is -0.0728. The summed E-state index contributed by atoms with van der Waals surface area (Å²) in [6.07, 6.45) is 3.97. The van der Waals surface area contributed by atoms with E-state index in [1.807, 2.05) is 0 Å². The molecule has 0 aliphatic carbocycles. The summed E-state index contributed by atoms with van der Waals surface area (Å²) in [4.78, 5) is 15.6. The third kappa shape index (κ3) is 2.48. The van der Waals surface area contributed by atoms with Crippen LogP contribution in [0.5, 0.6) is 0 Å². The van der Waals surface area contributed by atoms with Gasteiger partial charge in [0.05, 0.1) is 12.2 Å². The number of aromatic carboxylic acids is 1. The summed E-state index contributed by atoms with van der Waals surface area (Å²) in [6.45, 7) is 4.24. The van der Waals surface area contributed by atoms with Gasteiger partial charge in [0, 0.05) is 19.1 Å². The molecule has 3 heterocycles. The van der Waals surface area contributed by atoms with Crippen LogP contribution in [0.3, 0.4) is 0 Å². The standard InChI is InChI=1S/C12H19N5O2/c1-15-4-2-9(3-5-15)16-6-10(7-16)17-8-11(12(18)19)13-14-17/h8-10H,2-7H2,1H3,(H,18,19). The monoisotopic (exact) mass is 265 g/mol. The minimum absolute atomic E-state index is 0.0257. The molecule has 0 saturated carbocycles. The maximum absolute atomic E-state index is 10.8. The first kappa shape index (κ1) is 12.6. The lowest BCUT2D eigenvalue weighted by molar-refractivity contribution is 0.0237. The van der Waals surface area contributed by atoms with Crippen LogP contribution in [0.1, 0.15) is 29.4 Å². The molecule has 0 unspecified atom stereocenters. The molecular weight excluding hydrogens is 246 g/mol. The first-order valence-corrected chi connectivity index (χ1v) is 6.71. The van der Waals surface area contributed by atoms with Crippen molar-refractivity contribution in [2.75, 3.05) is 33.2 Å².